The lowest BCUT2D eigenvalue weighted by molar-refractivity contribution is -0.384. The smallest absolute Gasteiger partial charge is 0.269 e. The molecule has 0 bridgehead atoms. The van der Waals surface area contributed by atoms with Crippen molar-refractivity contribution in [2.24, 2.45) is 4.99 Å². The predicted octanol–water partition coefficient (Wildman–Crippen LogP) is 3.08. The van der Waals surface area contributed by atoms with E-state index in [1.165, 1.54) is 5.56 Å². The van der Waals surface area contributed by atoms with E-state index in [4.69, 9.17) is 4.99 Å². The van der Waals surface area contributed by atoms with E-state index in [0.29, 0.717) is 6.42 Å². The Balaban J connectivity index is 1.85. The standard InChI is InChI=1S/C19H22N4O2/c1-15-2-6-17(7-3-15)21-19(22-12-10-20-11-13-22)14-16-4-8-18(9-5-16)23(24)25/h2-9,20H,10-14H2,1H3. The minimum Gasteiger partial charge on any atom is -0.357 e. The molecule has 2 aromatic carbocycles. The van der Waals surface area contributed by atoms with Gasteiger partial charge in [0.25, 0.3) is 5.69 Å². The Hall–Kier alpha value is -2.73. The topological polar surface area (TPSA) is 70.8 Å². The van der Waals surface area contributed by atoms with Gasteiger partial charge in [-0.15, -0.1) is 0 Å². The second-order valence-corrected chi connectivity index (χ2v) is 6.20. The Kier molecular flexibility index (Phi) is 5.40. The van der Waals surface area contributed by atoms with Crippen LogP contribution in [-0.4, -0.2) is 41.8 Å². The summed E-state index contributed by atoms with van der Waals surface area (Å²) in [5.74, 6) is 0.999. The molecule has 0 atom stereocenters. The normalized spacial score (nSPS) is 15.2. The molecule has 1 heterocycles. The van der Waals surface area contributed by atoms with Crippen LogP contribution in [0, 0.1) is 17.0 Å². The van der Waals surface area contributed by atoms with E-state index in [1.54, 1.807) is 12.1 Å². The number of nitro groups is 1. The van der Waals surface area contributed by atoms with Gasteiger partial charge in [-0.3, -0.25) is 10.1 Å². The van der Waals surface area contributed by atoms with Crippen LogP contribution in [0.5, 0.6) is 0 Å². The second-order valence-electron chi connectivity index (χ2n) is 6.20. The van der Waals surface area contributed by atoms with Gasteiger partial charge in [-0.2, -0.15) is 0 Å². The van der Waals surface area contributed by atoms with Crippen LogP contribution in [0.25, 0.3) is 0 Å². The number of amidine groups is 1. The van der Waals surface area contributed by atoms with Gasteiger partial charge in [0.05, 0.1) is 10.6 Å². The monoisotopic (exact) mass is 338 g/mol. The van der Waals surface area contributed by atoms with E-state index in [2.05, 4.69) is 29.3 Å². The average Bonchev–Trinajstić information content (AvgIpc) is 2.64. The maximum absolute atomic E-state index is 10.8. The van der Waals surface area contributed by atoms with Crippen LogP contribution in [0.15, 0.2) is 53.5 Å². The molecule has 0 unspecified atom stereocenters. The molecule has 1 saturated heterocycles. The van der Waals surface area contributed by atoms with Gasteiger partial charge in [0.1, 0.15) is 5.84 Å². The molecular weight excluding hydrogens is 316 g/mol. The average molecular weight is 338 g/mol. The first-order chi connectivity index (χ1) is 12.1. The van der Waals surface area contributed by atoms with Gasteiger partial charge in [-0.05, 0) is 24.6 Å². The molecule has 0 spiro atoms. The van der Waals surface area contributed by atoms with E-state index in [0.717, 1.165) is 43.3 Å². The summed E-state index contributed by atoms with van der Waals surface area (Å²) in [5.41, 5.74) is 3.28. The molecule has 130 valence electrons. The van der Waals surface area contributed by atoms with Crippen LogP contribution >= 0.6 is 0 Å². The lowest BCUT2D eigenvalue weighted by atomic mass is 10.1. The molecule has 0 aromatic heterocycles. The number of rotatable bonds is 4. The molecule has 0 radical (unpaired) electrons. The molecule has 1 aliphatic heterocycles. The zero-order valence-electron chi connectivity index (χ0n) is 14.3. The summed E-state index contributed by atoms with van der Waals surface area (Å²) in [5, 5.41) is 14.2. The molecular formula is C19H22N4O2. The SMILES string of the molecule is Cc1ccc(N=C(Cc2ccc([N+](=O)[O-])cc2)N2CCNCC2)cc1. The molecule has 1 aliphatic rings. The van der Waals surface area contributed by atoms with Crippen molar-refractivity contribution >= 4 is 17.2 Å². The molecule has 0 saturated carbocycles. The summed E-state index contributed by atoms with van der Waals surface area (Å²) in [7, 11) is 0. The van der Waals surface area contributed by atoms with Crippen molar-refractivity contribution in [2.45, 2.75) is 13.3 Å². The maximum atomic E-state index is 10.8. The first-order valence-corrected chi connectivity index (χ1v) is 8.45. The molecule has 0 aliphatic carbocycles. The highest BCUT2D eigenvalue weighted by atomic mass is 16.6. The Morgan fingerprint density at radius 2 is 1.76 bits per heavy atom. The largest absolute Gasteiger partial charge is 0.357 e. The summed E-state index contributed by atoms with van der Waals surface area (Å²) >= 11 is 0. The maximum Gasteiger partial charge on any atom is 0.269 e. The number of piperazine rings is 1. The van der Waals surface area contributed by atoms with Crippen molar-refractivity contribution in [1.29, 1.82) is 0 Å². The van der Waals surface area contributed by atoms with Crippen molar-refractivity contribution in [1.82, 2.24) is 10.2 Å². The minimum absolute atomic E-state index is 0.114. The van der Waals surface area contributed by atoms with Crippen LogP contribution in [0.3, 0.4) is 0 Å². The summed E-state index contributed by atoms with van der Waals surface area (Å²) in [4.78, 5) is 17.6. The fraction of sp³-hybridized carbons (Fsp3) is 0.316. The van der Waals surface area contributed by atoms with Crippen molar-refractivity contribution in [3.05, 3.63) is 69.8 Å². The number of nitrogens with zero attached hydrogens (tertiary/aromatic N) is 3. The summed E-state index contributed by atoms with van der Waals surface area (Å²) < 4.78 is 0. The molecule has 2 aromatic rings. The summed E-state index contributed by atoms with van der Waals surface area (Å²) in [6, 6.07) is 14.9. The molecule has 25 heavy (non-hydrogen) atoms. The van der Waals surface area contributed by atoms with Crippen molar-refractivity contribution < 1.29 is 4.92 Å². The van der Waals surface area contributed by atoms with E-state index in [-0.39, 0.29) is 10.6 Å². The number of nitro benzene ring substituents is 1. The fourth-order valence-corrected chi connectivity index (χ4v) is 2.83. The zero-order chi connectivity index (χ0) is 17.6. The van der Waals surface area contributed by atoms with Crippen molar-refractivity contribution in [3.63, 3.8) is 0 Å². The Morgan fingerprint density at radius 3 is 2.36 bits per heavy atom. The van der Waals surface area contributed by atoms with Gasteiger partial charge in [-0.25, -0.2) is 4.99 Å². The predicted molar refractivity (Wildman–Crippen MR) is 99.5 cm³/mol. The van der Waals surface area contributed by atoms with Gasteiger partial charge >= 0.3 is 0 Å². The lowest BCUT2D eigenvalue weighted by Crippen LogP contribution is -2.47. The Bertz CT molecular complexity index is 748. The zero-order valence-corrected chi connectivity index (χ0v) is 14.3. The van der Waals surface area contributed by atoms with Gasteiger partial charge in [-0.1, -0.05) is 29.8 Å². The quantitative estimate of drug-likeness (QED) is 0.402. The van der Waals surface area contributed by atoms with Crippen molar-refractivity contribution in [3.8, 4) is 0 Å². The fourth-order valence-electron chi connectivity index (χ4n) is 2.83. The molecule has 0 amide bonds. The van der Waals surface area contributed by atoms with E-state index in [1.807, 2.05) is 24.3 Å². The number of non-ortho nitro benzene ring substituents is 1. The Labute approximate surface area is 147 Å². The summed E-state index contributed by atoms with van der Waals surface area (Å²) in [6.45, 7) is 5.76. The molecule has 6 heteroatoms. The molecule has 1 fully saturated rings. The van der Waals surface area contributed by atoms with Crippen LogP contribution in [0.4, 0.5) is 11.4 Å². The summed E-state index contributed by atoms with van der Waals surface area (Å²) in [6.07, 6.45) is 0.659. The van der Waals surface area contributed by atoms with Crippen LogP contribution in [0.2, 0.25) is 0 Å². The first-order valence-electron chi connectivity index (χ1n) is 8.45. The van der Waals surface area contributed by atoms with Crippen molar-refractivity contribution in [2.75, 3.05) is 26.2 Å². The van der Waals surface area contributed by atoms with Crippen LogP contribution < -0.4 is 5.32 Å². The number of aryl methyl sites for hydroxylation is 1. The minimum atomic E-state index is -0.374. The van der Waals surface area contributed by atoms with Crippen LogP contribution in [-0.2, 0) is 6.42 Å². The molecule has 3 rings (SSSR count). The number of benzene rings is 2. The van der Waals surface area contributed by atoms with E-state index in [9.17, 15) is 10.1 Å². The number of nitrogens with one attached hydrogen (secondary N) is 1. The van der Waals surface area contributed by atoms with E-state index >= 15 is 0 Å². The molecule has 1 N–H and O–H groups in total. The number of hydrogen-bond donors (Lipinski definition) is 1. The van der Waals surface area contributed by atoms with E-state index < -0.39 is 0 Å². The van der Waals surface area contributed by atoms with Crippen LogP contribution in [0.1, 0.15) is 11.1 Å². The highest BCUT2D eigenvalue weighted by Crippen LogP contribution is 2.17. The number of aliphatic imine (C=N–C) groups is 1. The highest BCUT2D eigenvalue weighted by molar-refractivity contribution is 5.87. The van der Waals surface area contributed by atoms with Gasteiger partial charge in [0, 0.05) is 44.7 Å². The Morgan fingerprint density at radius 1 is 1.12 bits per heavy atom. The third kappa shape index (κ3) is 4.64. The van der Waals surface area contributed by atoms with Gasteiger partial charge < -0.3 is 10.2 Å². The first kappa shape index (κ1) is 17.1. The van der Waals surface area contributed by atoms with Gasteiger partial charge in [0.15, 0.2) is 0 Å². The highest BCUT2D eigenvalue weighted by Gasteiger charge is 2.16. The number of hydrogen-bond acceptors (Lipinski definition) is 4. The lowest BCUT2D eigenvalue weighted by Gasteiger charge is -2.30. The van der Waals surface area contributed by atoms with Gasteiger partial charge in [0.2, 0.25) is 0 Å². The molecule has 6 nitrogen and oxygen atoms in total. The second kappa shape index (κ2) is 7.90. The third-order valence-corrected chi connectivity index (χ3v) is 4.28. The third-order valence-electron chi connectivity index (χ3n) is 4.28.